The van der Waals surface area contributed by atoms with E-state index in [1.165, 1.54) is 12.1 Å². The Morgan fingerprint density at radius 3 is 0.906 bits per heavy atom. The first-order chi connectivity index (χ1) is 65.0. The van der Waals surface area contributed by atoms with Crippen LogP contribution < -0.4 is 33.4 Å². The van der Waals surface area contributed by atoms with E-state index in [4.69, 9.17) is 24.3 Å². The van der Waals surface area contributed by atoms with E-state index in [2.05, 4.69) is 172 Å². The van der Waals surface area contributed by atoms with Gasteiger partial charge in [0.25, 0.3) is 33.4 Å². The summed E-state index contributed by atoms with van der Waals surface area (Å²) in [5, 5.41) is 4.16. The number of fused-ring (bicyclic) bond motifs is 12. The first-order valence-electron chi connectivity index (χ1n) is 47.3. The second kappa shape index (κ2) is 41.2. The molecule has 0 atom stereocenters. The molecule has 0 radical (unpaired) electrons. The van der Waals surface area contributed by atoms with Gasteiger partial charge in [0.2, 0.25) is 0 Å². The third-order valence-electron chi connectivity index (χ3n) is 27.4. The molecule has 138 heavy (non-hydrogen) atoms. The molecule has 7 aliphatic rings. The number of nitrogens with zero attached hydrogens (tertiary/aromatic N) is 12. The summed E-state index contributed by atoms with van der Waals surface area (Å²) < 4.78 is 50.6. The van der Waals surface area contributed by atoms with Crippen molar-refractivity contribution in [2.24, 2.45) is 32.5 Å². The third-order valence-corrected chi connectivity index (χ3v) is 29.0. The van der Waals surface area contributed by atoms with Crippen molar-refractivity contribution in [2.45, 2.75) is 238 Å². The van der Waals surface area contributed by atoms with Gasteiger partial charge < -0.3 is 9.31 Å². The van der Waals surface area contributed by atoms with Crippen molar-refractivity contribution in [1.29, 1.82) is 0 Å². The average Bonchev–Trinajstić information content (AvgIpc) is 0.990. The molecule has 0 bridgehead atoms. The zero-order valence-electron chi connectivity index (χ0n) is 82.1. The number of aryl methyl sites for hydroxylation is 2. The van der Waals surface area contributed by atoms with E-state index >= 15 is 0 Å². The van der Waals surface area contributed by atoms with Crippen LogP contribution in [0.3, 0.4) is 0 Å². The normalized spacial score (nSPS) is 17.4. The molecule has 0 spiro atoms. The second-order valence-corrected chi connectivity index (χ2v) is 45.3. The van der Waals surface area contributed by atoms with E-state index in [-0.39, 0.29) is 95.8 Å². The van der Waals surface area contributed by atoms with Gasteiger partial charge in [0.05, 0.1) is 81.1 Å². The molecule has 6 aromatic heterocycles. The highest BCUT2D eigenvalue weighted by atomic mass is 79.9. The minimum atomic E-state index is -0.253. The summed E-state index contributed by atoms with van der Waals surface area (Å²) in [5.74, 6) is 6.64. The first kappa shape index (κ1) is 102. The van der Waals surface area contributed by atoms with Crippen LogP contribution in [0.5, 0.6) is 0 Å². The lowest BCUT2D eigenvalue weighted by Crippen LogP contribution is -2.41. The molecule has 0 amide bonds. The molecule has 21 rings (SSSR count). The van der Waals surface area contributed by atoms with Crippen molar-refractivity contribution in [1.82, 2.24) is 57.3 Å². The van der Waals surface area contributed by atoms with Gasteiger partial charge in [-0.25, -0.2) is 38.7 Å². The predicted molar refractivity (Wildman–Crippen MR) is 570 cm³/mol. The number of benzene rings is 8. The van der Waals surface area contributed by atoms with Crippen LogP contribution in [0.25, 0.3) is 95.8 Å². The summed E-state index contributed by atoms with van der Waals surface area (Å²) in [6.07, 6.45) is 20.3. The highest BCUT2D eigenvalue weighted by Crippen LogP contribution is 2.40. The van der Waals surface area contributed by atoms with Gasteiger partial charge in [0, 0.05) is 92.3 Å². The number of halogens is 5. The molecule has 0 unspecified atom stereocenters. The molecule has 20 nitrogen and oxygen atoms in total. The van der Waals surface area contributed by atoms with E-state index in [1.807, 2.05) is 170 Å². The summed E-state index contributed by atoms with van der Waals surface area (Å²) >= 11 is 9.87. The van der Waals surface area contributed by atoms with Crippen LogP contribution in [0.15, 0.2) is 232 Å². The van der Waals surface area contributed by atoms with Crippen LogP contribution >= 0.6 is 47.8 Å². The van der Waals surface area contributed by atoms with E-state index in [9.17, 15) is 37.5 Å². The number of aromatic nitrogens is 12. The minimum Gasteiger partial charge on any atom is -0.400 e. The maximum atomic E-state index is 13.8. The molecule has 8 aromatic carbocycles. The average molecular weight is 2050 g/mol. The van der Waals surface area contributed by atoms with Crippen molar-refractivity contribution in [3.05, 3.63) is 340 Å². The van der Waals surface area contributed by atoms with Gasteiger partial charge in [0.1, 0.15) is 46.6 Å². The number of hydrogen-bond donors (Lipinski definition) is 0. The predicted octanol–water partition coefficient (Wildman–Crippen LogP) is 24.4. The van der Waals surface area contributed by atoms with Gasteiger partial charge >= 0.3 is 7.12 Å². The standard InChI is InChI=1S/C22H21FN2O.3C16H18N2O.2C14H15BrN2O.C8H15BO2.C6H4BrF/c1-22(2)11-12-25-20(14-22)24-19-13-15(8-10-17(19)21(25)26)7-9-16-5-3-4-6-18(16)23;2*1-4-11-5-6-12-13(9-11)17-14-10-16(2,3)7-8-18(14)15(12)19;1-4-11-5-6-12-13(9-11)17-14-7-8-16(2,3)10-18(14)15(12)19;1-14(2)5-6-17-12(8-14)16-11-7-9(15)3-4-10(11)13(17)18;1-14(2)6-5-12-16-11-7-9(15)3-4-10(11)13(18)17(12)8-14;1-6-9-10-7(2,3)8(4,5)11-9;7-5-3-1-2-4-6(5)8/h3-10,13H,11-12,14H2,1-2H3;3*4-6,9H,1,7-8,10H2,2-3H3;2*3-4,7H,5-6,8H2,1-2H3;6H,1H2,2-5H3;1-4H/b9-7+;;;;;;;. The molecule has 0 aliphatic carbocycles. The van der Waals surface area contributed by atoms with Gasteiger partial charge in [-0.05, 0) is 240 Å². The largest absolute Gasteiger partial charge is 0.486 e. The maximum absolute atomic E-state index is 13.8. The minimum absolute atomic E-state index is 0.0325. The van der Waals surface area contributed by atoms with Crippen LogP contribution in [-0.4, -0.2) is 75.6 Å². The van der Waals surface area contributed by atoms with Gasteiger partial charge in [-0.3, -0.25) is 56.2 Å². The lowest BCUT2D eigenvalue weighted by molar-refractivity contribution is 0.00578. The maximum Gasteiger partial charge on any atom is 0.486 e. The zero-order chi connectivity index (χ0) is 99.7. The van der Waals surface area contributed by atoms with Gasteiger partial charge in [0.15, 0.2) is 0 Å². The third kappa shape index (κ3) is 23.8. The molecular formula is C112H124BBr3F2N12O8. The van der Waals surface area contributed by atoms with Crippen LogP contribution in [-0.2, 0) is 87.1 Å². The van der Waals surface area contributed by atoms with E-state index in [1.54, 1.807) is 66.7 Å². The summed E-state index contributed by atoms with van der Waals surface area (Å²) in [6, 6.07) is 47.2. The van der Waals surface area contributed by atoms with Crippen LogP contribution in [0.4, 0.5) is 8.78 Å². The summed E-state index contributed by atoms with van der Waals surface area (Å²) in [5.41, 5.74) is 10.3. The molecule has 1 fully saturated rings. The van der Waals surface area contributed by atoms with Gasteiger partial charge in [-0.1, -0.05) is 226 Å². The Bertz CT molecular complexity index is 7380. The highest BCUT2D eigenvalue weighted by Gasteiger charge is 2.50. The van der Waals surface area contributed by atoms with Crippen molar-refractivity contribution in [2.75, 3.05) is 0 Å². The molecular weight excluding hydrogens is 1930 g/mol. The quantitative estimate of drug-likeness (QED) is 0.111. The Morgan fingerprint density at radius 2 is 0.609 bits per heavy atom. The van der Waals surface area contributed by atoms with Crippen molar-refractivity contribution in [3.8, 4) is 0 Å². The lowest BCUT2D eigenvalue weighted by Gasteiger charge is -2.32. The first-order valence-corrected chi connectivity index (χ1v) is 49.6. The van der Waals surface area contributed by atoms with Gasteiger partial charge in [-0.2, -0.15) is 0 Å². The SMILES string of the molecule is C=CB1OC(C)(C)C(C)(C)O1.C=Cc1ccc2c(=O)n3c(nc2c1)CC(C)(C)CC3.C=Cc1ccc2c(=O)n3c(nc2c1)CC(C)(C)CC3.C=Cc1ccc2c(=O)n3c(nc2c1)CCC(C)(C)C3.CC1(C)CCc2nc3cc(Br)ccc3c(=O)n2C1.CC1(C)CCn2c(nc3cc(/C=C/c4ccccc4F)ccc3c2=O)C1.CC1(C)CCn2c(nc3cc(Br)ccc3c2=O)C1.Fc1ccccc1Br. The monoisotopic (exact) mass is 2050 g/mol. The molecule has 1 saturated heterocycles. The van der Waals surface area contributed by atoms with Crippen molar-refractivity contribution >= 4 is 151 Å². The number of hydrogen-bond acceptors (Lipinski definition) is 14. The smallest absolute Gasteiger partial charge is 0.400 e. The highest BCUT2D eigenvalue weighted by molar-refractivity contribution is 9.11. The molecule has 13 heterocycles. The Balaban J connectivity index is 0.000000128. The molecule has 14 aromatic rings. The Kier molecular flexibility index (Phi) is 30.6. The Hall–Kier alpha value is -11.4. The summed E-state index contributed by atoms with van der Waals surface area (Å²) in [6.45, 7) is 54.2. The topological polar surface area (TPSA) is 228 Å². The van der Waals surface area contributed by atoms with E-state index in [0.29, 0.717) is 47.9 Å². The molecule has 7 aliphatic heterocycles. The summed E-state index contributed by atoms with van der Waals surface area (Å²) in [7, 11) is -0.250. The van der Waals surface area contributed by atoms with E-state index in [0.717, 1.165) is 210 Å². The fourth-order valence-electron chi connectivity index (χ4n) is 18.1. The number of rotatable bonds is 6. The molecule has 0 saturated carbocycles. The van der Waals surface area contributed by atoms with E-state index < -0.39 is 0 Å². The zero-order valence-corrected chi connectivity index (χ0v) is 86.9. The van der Waals surface area contributed by atoms with Crippen LogP contribution in [0, 0.1) is 44.1 Å². The van der Waals surface area contributed by atoms with Crippen LogP contribution in [0.2, 0.25) is 0 Å². The summed E-state index contributed by atoms with van der Waals surface area (Å²) in [4.78, 5) is 103. The second-order valence-electron chi connectivity index (χ2n) is 42.6. The fraction of sp³-hybridized carbons (Fsp3) is 0.375. The molecule has 0 N–H and O–H groups in total. The molecule has 718 valence electrons. The van der Waals surface area contributed by atoms with Gasteiger partial charge in [-0.15, -0.1) is 6.58 Å². The van der Waals surface area contributed by atoms with Crippen molar-refractivity contribution in [3.63, 3.8) is 0 Å². The lowest BCUT2D eigenvalue weighted by atomic mass is 9.83. The molecule has 26 heteroatoms. The van der Waals surface area contributed by atoms with Crippen LogP contribution in [0.1, 0.15) is 212 Å². The fourth-order valence-corrected chi connectivity index (χ4v) is 19.1. The van der Waals surface area contributed by atoms with Crippen molar-refractivity contribution < 1.29 is 18.1 Å². The Labute approximate surface area is 830 Å². The Morgan fingerprint density at radius 1 is 0.326 bits per heavy atom.